The van der Waals surface area contributed by atoms with Gasteiger partial charge in [-0.15, -0.1) is 0 Å². The van der Waals surface area contributed by atoms with E-state index >= 15 is 0 Å². The maximum Gasteiger partial charge on any atom is 0.338 e. The van der Waals surface area contributed by atoms with Gasteiger partial charge in [0.1, 0.15) is 5.60 Å². The van der Waals surface area contributed by atoms with Gasteiger partial charge in [-0.25, -0.2) is 4.79 Å². The minimum Gasteiger partial charge on any atom is -0.456 e. The Morgan fingerprint density at radius 3 is 2.30 bits per heavy atom. The molecular weight excluding hydrogens is 386 g/mol. The molecule has 1 fully saturated rings. The lowest BCUT2D eigenvalue weighted by molar-refractivity contribution is -0.665. The van der Waals surface area contributed by atoms with Crippen LogP contribution in [0.3, 0.4) is 0 Å². The molecule has 1 aliphatic heterocycles. The Labute approximate surface area is 136 Å². The van der Waals surface area contributed by atoms with Crippen molar-refractivity contribution in [2.24, 2.45) is 5.92 Å². The van der Waals surface area contributed by atoms with Crippen LogP contribution in [0.1, 0.15) is 37.0 Å². The summed E-state index contributed by atoms with van der Waals surface area (Å²) in [4.78, 5) is 12.3. The van der Waals surface area contributed by atoms with Gasteiger partial charge in [0.15, 0.2) is 0 Å². The third-order valence-electron chi connectivity index (χ3n) is 3.88. The fourth-order valence-corrected chi connectivity index (χ4v) is 3.97. The van der Waals surface area contributed by atoms with Crippen LogP contribution >= 0.6 is 31.9 Å². The summed E-state index contributed by atoms with van der Waals surface area (Å²) in [6, 6.07) is 5.48. The van der Waals surface area contributed by atoms with E-state index in [0.29, 0.717) is 11.5 Å². The van der Waals surface area contributed by atoms with Crippen LogP contribution in [0.5, 0.6) is 0 Å². The molecule has 110 valence electrons. The second-order valence-corrected chi connectivity index (χ2v) is 7.62. The van der Waals surface area contributed by atoms with Gasteiger partial charge in [-0.05, 0) is 32.0 Å². The fraction of sp³-hybridized carbons (Fsp3) is 0.533. The molecule has 0 atom stereocenters. The van der Waals surface area contributed by atoms with Crippen molar-refractivity contribution in [3.8, 4) is 0 Å². The number of quaternary nitrogens is 1. The lowest BCUT2D eigenvalue weighted by atomic mass is 9.83. The number of carbonyl (C=O) groups is 1. The third-order valence-corrected chi connectivity index (χ3v) is 4.79. The Balaban J connectivity index is 2.09. The van der Waals surface area contributed by atoms with E-state index in [-0.39, 0.29) is 5.97 Å². The van der Waals surface area contributed by atoms with Gasteiger partial charge in [0.2, 0.25) is 0 Å². The molecule has 0 saturated carbocycles. The Morgan fingerprint density at radius 1 is 1.20 bits per heavy atom. The number of esters is 1. The van der Waals surface area contributed by atoms with Crippen molar-refractivity contribution in [2.45, 2.75) is 32.3 Å². The number of hydrogen-bond acceptors (Lipinski definition) is 2. The zero-order chi connectivity index (χ0) is 14.8. The number of halogens is 2. The highest BCUT2D eigenvalue weighted by Crippen LogP contribution is 2.29. The van der Waals surface area contributed by atoms with Crippen LogP contribution < -0.4 is 5.32 Å². The molecule has 2 N–H and O–H groups in total. The average Bonchev–Trinajstić information content (AvgIpc) is 2.38. The van der Waals surface area contributed by atoms with Crippen molar-refractivity contribution in [1.82, 2.24) is 0 Å². The number of hydrogen-bond donors (Lipinski definition) is 1. The van der Waals surface area contributed by atoms with Crippen LogP contribution in [0.2, 0.25) is 0 Å². The van der Waals surface area contributed by atoms with Crippen LogP contribution in [0.4, 0.5) is 0 Å². The normalized spacial score (nSPS) is 17.0. The number of ether oxygens (including phenoxy) is 1. The van der Waals surface area contributed by atoms with Gasteiger partial charge in [-0.2, -0.15) is 0 Å². The summed E-state index contributed by atoms with van der Waals surface area (Å²) in [5.41, 5.74) is 0.154. The van der Waals surface area contributed by atoms with Gasteiger partial charge in [-0.3, -0.25) is 0 Å². The van der Waals surface area contributed by atoms with E-state index in [0.717, 1.165) is 34.9 Å². The first kappa shape index (κ1) is 16.0. The van der Waals surface area contributed by atoms with Gasteiger partial charge in [0.05, 0.1) is 18.7 Å². The Bertz CT molecular complexity index is 476. The second kappa shape index (κ2) is 6.58. The van der Waals surface area contributed by atoms with Gasteiger partial charge in [0, 0.05) is 27.7 Å². The van der Waals surface area contributed by atoms with Crippen LogP contribution in [0.25, 0.3) is 0 Å². The lowest BCUT2D eigenvalue weighted by Gasteiger charge is -2.35. The molecule has 1 aromatic rings. The molecule has 0 aliphatic carbocycles. The SMILES string of the molecule is CC(C)(OC(=O)c1cc(Br)cc(Br)c1)C1CC[NH2+]CC1. The molecule has 20 heavy (non-hydrogen) atoms. The molecule has 0 aromatic heterocycles. The molecule has 5 heteroatoms. The van der Waals surface area contributed by atoms with E-state index in [1.165, 1.54) is 0 Å². The van der Waals surface area contributed by atoms with Crippen LogP contribution in [-0.2, 0) is 4.74 Å². The molecule has 0 amide bonds. The summed E-state index contributed by atoms with van der Waals surface area (Å²) in [5.74, 6) is 0.179. The van der Waals surface area contributed by atoms with Crippen LogP contribution in [-0.4, -0.2) is 24.7 Å². The predicted molar refractivity (Wildman–Crippen MR) is 85.7 cm³/mol. The highest BCUT2D eigenvalue weighted by molar-refractivity contribution is 9.11. The summed E-state index contributed by atoms with van der Waals surface area (Å²) < 4.78 is 7.51. The largest absolute Gasteiger partial charge is 0.456 e. The fourth-order valence-electron chi connectivity index (χ4n) is 2.67. The van der Waals surface area contributed by atoms with E-state index in [1.807, 2.05) is 19.9 Å². The number of nitrogens with two attached hydrogens (primary N) is 1. The number of rotatable bonds is 3. The first-order valence-electron chi connectivity index (χ1n) is 6.89. The molecule has 0 radical (unpaired) electrons. The lowest BCUT2D eigenvalue weighted by Crippen LogP contribution is -2.86. The van der Waals surface area contributed by atoms with Gasteiger partial charge < -0.3 is 10.1 Å². The minimum atomic E-state index is -0.417. The van der Waals surface area contributed by atoms with E-state index in [9.17, 15) is 4.79 Å². The number of carbonyl (C=O) groups excluding carboxylic acids is 1. The average molecular weight is 406 g/mol. The smallest absolute Gasteiger partial charge is 0.338 e. The predicted octanol–water partition coefficient (Wildman–Crippen LogP) is 3.12. The third kappa shape index (κ3) is 4.06. The monoisotopic (exact) mass is 404 g/mol. The molecule has 0 bridgehead atoms. The summed E-state index contributed by atoms with van der Waals surface area (Å²) in [6.07, 6.45) is 2.20. The highest BCUT2D eigenvalue weighted by atomic mass is 79.9. The van der Waals surface area contributed by atoms with Crippen molar-refractivity contribution < 1.29 is 14.8 Å². The molecule has 1 saturated heterocycles. The first-order valence-corrected chi connectivity index (χ1v) is 8.48. The number of piperidine rings is 1. The zero-order valence-corrected chi connectivity index (χ0v) is 15.0. The molecular formula is C15H20Br2NO2+. The van der Waals surface area contributed by atoms with Gasteiger partial charge in [-0.1, -0.05) is 31.9 Å². The number of benzene rings is 1. The van der Waals surface area contributed by atoms with E-state index in [1.54, 1.807) is 12.1 Å². The zero-order valence-electron chi connectivity index (χ0n) is 11.8. The standard InChI is InChI=1S/C15H19Br2NO2/c1-15(2,11-3-5-18-6-4-11)20-14(19)10-7-12(16)9-13(17)8-10/h7-9,11,18H,3-6H2,1-2H3/p+1. The Hall–Kier alpha value is -0.390. The van der Waals surface area contributed by atoms with Crippen molar-refractivity contribution in [2.75, 3.05) is 13.1 Å². The molecule has 0 unspecified atom stereocenters. The van der Waals surface area contributed by atoms with Gasteiger partial charge >= 0.3 is 5.97 Å². The summed E-state index contributed by atoms with van der Waals surface area (Å²) >= 11 is 6.79. The maximum atomic E-state index is 12.3. The van der Waals surface area contributed by atoms with Crippen molar-refractivity contribution in [3.05, 3.63) is 32.7 Å². The summed E-state index contributed by atoms with van der Waals surface area (Å²) in [7, 11) is 0. The molecule has 1 aromatic carbocycles. The molecule has 2 rings (SSSR count). The quantitative estimate of drug-likeness (QED) is 0.785. The molecule has 1 heterocycles. The van der Waals surface area contributed by atoms with E-state index < -0.39 is 5.60 Å². The molecule has 1 aliphatic rings. The summed E-state index contributed by atoms with van der Waals surface area (Å²) in [6.45, 7) is 6.28. The maximum absolute atomic E-state index is 12.3. The topological polar surface area (TPSA) is 42.9 Å². The van der Waals surface area contributed by atoms with E-state index in [4.69, 9.17) is 4.74 Å². The van der Waals surface area contributed by atoms with E-state index in [2.05, 4.69) is 37.2 Å². The minimum absolute atomic E-state index is 0.258. The van der Waals surface area contributed by atoms with Gasteiger partial charge in [0.25, 0.3) is 0 Å². The Morgan fingerprint density at radius 2 is 1.75 bits per heavy atom. The molecule has 3 nitrogen and oxygen atoms in total. The van der Waals surface area contributed by atoms with Crippen molar-refractivity contribution in [1.29, 1.82) is 0 Å². The Kier molecular flexibility index (Phi) is 5.26. The summed E-state index contributed by atoms with van der Waals surface area (Å²) in [5, 5.41) is 2.32. The van der Waals surface area contributed by atoms with Crippen molar-refractivity contribution >= 4 is 37.8 Å². The highest BCUT2D eigenvalue weighted by Gasteiger charge is 2.35. The second-order valence-electron chi connectivity index (χ2n) is 5.79. The van der Waals surface area contributed by atoms with Crippen molar-refractivity contribution in [3.63, 3.8) is 0 Å². The first-order chi connectivity index (χ1) is 9.38. The van der Waals surface area contributed by atoms with Crippen LogP contribution in [0, 0.1) is 5.92 Å². The van der Waals surface area contributed by atoms with Crippen LogP contribution in [0.15, 0.2) is 27.1 Å². The molecule has 0 spiro atoms.